The molecule has 0 aliphatic carbocycles. The highest BCUT2D eigenvalue weighted by Crippen LogP contribution is 2.12. The van der Waals surface area contributed by atoms with Crippen LogP contribution in [0.2, 0.25) is 0 Å². The Morgan fingerprint density at radius 2 is 1.91 bits per heavy atom. The van der Waals surface area contributed by atoms with Crippen LogP contribution in [0.15, 0.2) is 24.3 Å². The van der Waals surface area contributed by atoms with Gasteiger partial charge in [-0.3, -0.25) is 4.79 Å². The van der Waals surface area contributed by atoms with Gasteiger partial charge in [-0.2, -0.15) is 0 Å². The van der Waals surface area contributed by atoms with Crippen LogP contribution in [-0.4, -0.2) is 46.9 Å². The summed E-state index contributed by atoms with van der Waals surface area (Å²) >= 11 is 0. The van der Waals surface area contributed by atoms with E-state index in [2.05, 4.69) is 5.32 Å². The van der Waals surface area contributed by atoms with E-state index in [1.165, 1.54) is 19.1 Å². The molecule has 5 N–H and O–H groups in total. The number of aliphatic hydroxyl groups excluding tert-OH is 1. The van der Waals surface area contributed by atoms with Gasteiger partial charge in [0.1, 0.15) is 17.8 Å². The molecule has 3 atom stereocenters. The minimum atomic E-state index is -1.13. The fraction of sp³-hybridized carbons (Fsp3) is 0.467. The molecule has 3 unspecified atom stereocenters. The molecule has 7 nitrogen and oxygen atoms in total. The van der Waals surface area contributed by atoms with Gasteiger partial charge >= 0.3 is 5.97 Å². The van der Waals surface area contributed by atoms with Crippen molar-refractivity contribution < 1.29 is 24.5 Å². The van der Waals surface area contributed by atoms with E-state index in [9.17, 15) is 19.8 Å². The first-order valence-electron chi connectivity index (χ1n) is 7.03. The molecular formula is C15H22N2O5. The number of nitrogens with one attached hydrogen (secondary N) is 1. The number of hydrogen-bond donors (Lipinski definition) is 4. The van der Waals surface area contributed by atoms with Crippen LogP contribution in [0.4, 0.5) is 0 Å². The molecule has 0 aromatic heterocycles. The van der Waals surface area contributed by atoms with E-state index in [1.54, 1.807) is 19.1 Å². The normalized spacial score (nSPS) is 14.7. The Morgan fingerprint density at radius 3 is 2.41 bits per heavy atom. The Kier molecular flexibility index (Phi) is 6.81. The summed E-state index contributed by atoms with van der Waals surface area (Å²) in [4.78, 5) is 23.9. The molecule has 0 bridgehead atoms. The van der Waals surface area contributed by atoms with E-state index in [0.717, 1.165) is 5.56 Å². The fourth-order valence-corrected chi connectivity index (χ4v) is 1.79. The second-order valence-corrected chi connectivity index (χ2v) is 4.95. The predicted molar refractivity (Wildman–Crippen MR) is 80.0 cm³/mol. The third-order valence-corrected chi connectivity index (χ3v) is 3.09. The number of nitrogens with two attached hydrogens (primary N) is 1. The molecule has 0 heterocycles. The summed E-state index contributed by atoms with van der Waals surface area (Å²) in [5, 5.41) is 21.1. The quantitative estimate of drug-likeness (QED) is 0.513. The lowest BCUT2D eigenvalue weighted by molar-refractivity contribution is -0.147. The smallest absolute Gasteiger partial charge is 0.328 e. The number of aliphatic hydroxyl groups is 1. The maximum absolute atomic E-state index is 12.0. The highest BCUT2D eigenvalue weighted by atomic mass is 16.5. The van der Waals surface area contributed by atoms with Crippen LogP contribution < -0.4 is 11.1 Å². The molecular weight excluding hydrogens is 288 g/mol. The van der Waals surface area contributed by atoms with Crippen molar-refractivity contribution in [3.63, 3.8) is 0 Å². The minimum Gasteiger partial charge on any atom is -0.508 e. The van der Waals surface area contributed by atoms with Crippen molar-refractivity contribution in [3.8, 4) is 5.75 Å². The summed E-state index contributed by atoms with van der Waals surface area (Å²) in [6, 6.07) is 4.21. The van der Waals surface area contributed by atoms with Crippen molar-refractivity contribution in [1.29, 1.82) is 0 Å². The summed E-state index contributed by atoms with van der Waals surface area (Å²) in [6.07, 6.45) is -0.839. The van der Waals surface area contributed by atoms with Gasteiger partial charge in [0.2, 0.25) is 5.91 Å². The van der Waals surface area contributed by atoms with Crippen LogP contribution in [0.1, 0.15) is 19.4 Å². The van der Waals surface area contributed by atoms with E-state index in [-0.39, 0.29) is 18.8 Å². The number of rotatable bonds is 7. The molecule has 1 amide bonds. The second kappa shape index (κ2) is 8.35. The molecule has 0 radical (unpaired) electrons. The zero-order chi connectivity index (χ0) is 16.7. The van der Waals surface area contributed by atoms with Crippen LogP contribution in [0, 0.1) is 0 Å². The Balaban J connectivity index is 2.82. The monoisotopic (exact) mass is 310 g/mol. The van der Waals surface area contributed by atoms with Crippen molar-refractivity contribution in [2.75, 3.05) is 6.61 Å². The number of benzene rings is 1. The first-order valence-corrected chi connectivity index (χ1v) is 7.03. The van der Waals surface area contributed by atoms with Gasteiger partial charge in [0.15, 0.2) is 0 Å². The van der Waals surface area contributed by atoms with Gasteiger partial charge in [-0.15, -0.1) is 0 Å². The van der Waals surface area contributed by atoms with Gasteiger partial charge in [-0.05, 0) is 31.5 Å². The standard InChI is InChI=1S/C15H22N2O5/c1-3-22-15(21)12(17-14(20)13(16)9(2)18)8-10-4-6-11(19)7-5-10/h4-7,9,12-13,18-19H,3,8,16H2,1-2H3,(H,17,20). The Labute approximate surface area is 129 Å². The van der Waals surface area contributed by atoms with E-state index >= 15 is 0 Å². The van der Waals surface area contributed by atoms with E-state index < -0.39 is 30.1 Å². The molecule has 122 valence electrons. The molecule has 0 aliphatic rings. The number of carbonyl (C=O) groups excluding carboxylic acids is 2. The summed E-state index contributed by atoms with van der Waals surface area (Å²) in [6.45, 7) is 3.24. The van der Waals surface area contributed by atoms with Gasteiger partial charge in [0.05, 0.1) is 12.7 Å². The third kappa shape index (κ3) is 5.34. The van der Waals surface area contributed by atoms with E-state index in [4.69, 9.17) is 10.5 Å². The largest absolute Gasteiger partial charge is 0.508 e. The number of aromatic hydroxyl groups is 1. The van der Waals surface area contributed by atoms with Crippen LogP contribution in [0.5, 0.6) is 5.75 Å². The third-order valence-electron chi connectivity index (χ3n) is 3.09. The zero-order valence-corrected chi connectivity index (χ0v) is 12.7. The summed E-state index contributed by atoms with van der Waals surface area (Å²) < 4.78 is 4.93. The minimum absolute atomic E-state index is 0.108. The summed E-state index contributed by atoms with van der Waals surface area (Å²) in [5.41, 5.74) is 6.29. The molecule has 0 saturated carbocycles. The first kappa shape index (κ1) is 17.9. The lowest BCUT2D eigenvalue weighted by Crippen LogP contribution is -2.53. The number of esters is 1. The van der Waals surface area contributed by atoms with Gasteiger partial charge in [0, 0.05) is 6.42 Å². The lowest BCUT2D eigenvalue weighted by Gasteiger charge is -2.21. The highest BCUT2D eigenvalue weighted by molar-refractivity contribution is 5.87. The topological polar surface area (TPSA) is 122 Å². The van der Waals surface area contributed by atoms with Crippen LogP contribution in [0.3, 0.4) is 0 Å². The van der Waals surface area contributed by atoms with Crippen molar-refractivity contribution >= 4 is 11.9 Å². The second-order valence-electron chi connectivity index (χ2n) is 4.95. The van der Waals surface area contributed by atoms with E-state index in [0.29, 0.717) is 0 Å². The molecule has 22 heavy (non-hydrogen) atoms. The zero-order valence-electron chi connectivity index (χ0n) is 12.7. The summed E-state index contributed by atoms with van der Waals surface area (Å²) in [5.74, 6) is -1.11. The average Bonchev–Trinajstić information content (AvgIpc) is 2.47. The predicted octanol–water partition coefficient (Wildman–Crippen LogP) is -0.309. The molecule has 1 aromatic rings. The van der Waals surface area contributed by atoms with Crippen molar-refractivity contribution in [1.82, 2.24) is 5.32 Å². The maximum atomic E-state index is 12.0. The number of phenolic OH excluding ortho intramolecular Hbond substituents is 1. The van der Waals surface area contributed by atoms with Crippen molar-refractivity contribution in [3.05, 3.63) is 29.8 Å². The molecule has 1 aromatic carbocycles. The summed E-state index contributed by atoms with van der Waals surface area (Å²) in [7, 11) is 0. The Hall–Kier alpha value is -2.12. The van der Waals surface area contributed by atoms with Crippen LogP contribution >= 0.6 is 0 Å². The molecule has 0 fully saturated rings. The maximum Gasteiger partial charge on any atom is 0.328 e. The first-order chi connectivity index (χ1) is 10.3. The molecule has 0 saturated heterocycles. The van der Waals surface area contributed by atoms with Crippen LogP contribution in [0.25, 0.3) is 0 Å². The molecule has 0 aliphatic heterocycles. The van der Waals surface area contributed by atoms with Crippen molar-refractivity contribution in [2.24, 2.45) is 5.73 Å². The van der Waals surface area contributed by atoms with Crippen LogP contribution in [-0.2, 0) is 20.7 Å². The SMILES string of the molecule is CCOC(=O)C(Cc1ccc(O)cc1)NC(=O)C(N)C(C)O. The van der Waals surface area contributed by atoms with E-state index in [1.807, 2.05) is 0 Å². The van der Waals surface area contributed by atoms with Gasteiger partial charge < -0.3 is 26.0 Å². The molecule has 1 rings (SSSR count). The Morgan fingerprint density at radius 1 is 1.32 bits per heavy atom. The number of carbonyl (C=O) groups is 2. The highest BCUT2D eigenvalue weighted by Gasteiger charge is 2.27. The molecule has 7 heteroatoms. The van der Waals surface area contributed by atoms with Gasteiger partial charge in [0.25, 0.3) is 0 Å². The van der Waals surface area contributed by atoms with Crippen molar-refractivity contribution in [2.45, 2.75) is 38.5 Å². The Bertz CT molecular complexity index is 501. The van der Waals surface area contributed by atoms with Gasteiger partial charge in [-0.1, -0.05) is 12.1 Å². The molecule has 0 spiro atoms. The van der Waals surface area contributed by atoms with Gasteiger partial charge in [-0.25, -0.2) is 4.79 Å². The number of ether oxygens (including phenoxy) is 1. The number of hydrogen-bond acceptors (Lipinski definition) is 6. The number of phenols is 1. The average molecular weight is 310 g/mol. The number of amides is 1. The lowest BCUT2D eigenvalue weighted by atomic mass is 10.0. The fourth-order valence-electron chi connectivity index (χ4n) is 1.79.